The van der Waals surface area contributed by atoms with Crippen LogP contribution in [-0.2, 0) is 14.3 Å². The Morgan fingerprint density at radius 2 is 2.20 bits per heavy atom. The highest BCUT2D eigenvalue weighted by Gasteiger charge is 2.20. The molecule has 0 aliphatic carbocycles. The third kappa shape index (κ3) is 4.94. The number of amides is 2. The van der Waals surface area contributed by atoms with E-state index in [2.05, 4.69) is 5.32 Å². The van der Waals surface area contributed by atoms with Gasteiger partial charge in [0.25, 0.3) is 0 Å². The predicted molar refractivity (Wildman–Crippen MR) is 77.0 cm³/mol. The van der Waals surface area contributed by atoms with Crippen LogP contribution in [0.15, 0.2) is 11.6 Å². The molecule has 0 unspecified atom stereocenters. The zero-order valence-corrected chi connectivity index (χ0v) is 12.5. The van der Waals surface area contributed by atoms with E-state index < -0.39 is 6.04 Å². The van der Waals surface area contributed by atoms with Gasteiger partial charge in [0, 0.05) is 20.2 Å². The molecule has 0 aromatic carbocycles. The maximum Gasteiger partial charge on any atom is 0.242 e. The summed E-state index contributed by atoms with van der Waals surface area (Å²) in [6, 6.07) is -0.572. The van der Waals surface area contributed by atoms with Crippen molar-refractivity contribution in [3.8, 4) is 0 Å². The summed E-state index contributed by atoms with van der Waals surface area (Å²) in [6.07, 6.45) is 2.83. The van der Waals surface area contributed by atoms with Crippen molar-refractivity contribution < 1.29 is 14.3 Å². The molecule has 1 atom stereocenters. The number of carbonyl (C=O) groups excluding carboxylic acids is 2. The van der Waals surface area contributed by atoms with E-state index in [0.717, 1.165) is 6.42 Å². The van der Waals surface area contributed by atoms with Crippen molar-refractivity contribution in [2.45, 2.75) is 26.3 Å². The van der Waals surface area contributed by atoms with Crippen molar-refractivity contribution in [1.82, 2.24) is 10.2 Å². The first-order chi connectivity index (χ1) is 9.45. The number of methoxy groups -OCH3 is 1. The van der Waals surface area contributed by atoms with Crippen molar-refractivity contribution in [3.05, 3.63) is 11.6 Å². The van der Waals surface area contributed by atoms with Gasteiger partial charge in [-0.25, -0.2) is 0 Å². The van der Waals surface area contributed by atoms with E-state index in [9.17, 15) is 9.59 Å². The average molecular weight is 283 g/mol. The lowest BCUT2D eigenvalue weighted by atomic mass is 10.1. The Hall–Kier alpha value is -1.40. The molecule has 0 fully saturated rings. The molecule has 2 amide bonds. The Labute approximate surface area is 120 Å². The Bertz CT molecular complexity index is 380. The molecule has 1 heterocycles. The van der Waals surface area contributed by atoms with Crippen LogP contribution in [0, 0.1) is 5.92 Å². The summed E-state index contributed by atoms with van der Waals surface area (Å²) in [6.45, 7) is 5.61. The molecule has 0 aromatic rings. The van der Waals surface area contributed by atoms with Gasteiger partial charge in [-0.15, -0.1) is 0 Å². The van der Waals surface area contributed by atoms with Gasteiger partial charge in [-0.1, -0.05) is 19.9 Å². The van der Waals surface area contributed by atoms with Gasteiger partial charge in [-0.3, -0.25) is 9.59 Å². The second kappa shape index (κ2) is 8.01. The van der Waals surface area contributed by atoms with E-state index in [1.54, 1.807) is 12.0 Å². The first-order valence-electron chi connectivity index (χ1n) is 6.93. The molecule has 1 rings (SSSR count). The highest BCUT2D eigenvalue weighted by molar-refractivity contribution is 5.87. The van der Waals surface area contributed by atoms with E-state index in [-0.39, 0.29) is 24.3 Å². The van der Waals surface area contributed by atoms with Gasteiger partial charge in [0.05, 0.1) is 19.2 Å². The number of carbonyl (C=O) groups is 2. The number of nitrogens with one attached hydrogen (secondary N) is 1. The number of hydrogen-bond donors (Lipinski definition) is 2. The van der Waals surface area contributed by atoms with Gasteiger partial charge in [-0.2, -0.15) is 0 Å². The number of nitrogens with two attached hydrogens (primary N) is 1. The molecular formula is C14H25N3O3. The summed E-state index contributed by atoms with van der Waals surface area (Å²) in [5.74, 6) is -0.303. The second-order valence-corrected chi connectivity index (χ2v) is 5.37. The maximum absolute atomic E-state index is 12.0. The molecule has 0 aromatic heterocycles. The minimum absolute atomic E-state index is 0.00665. The van der Waals surface area contributed by atoms with Gasteiger partial charge in [0.15, 0.2) is 0 Å². The van der Waals surface area contributed by atoms with E-state index in [4.69, 9.17) is 10.5 Å². The summed E-state index contributed by atoms with van der Waals surface area (Å²) >= 11 is 0. The van der Waals surface area contributed by atoms with Crippen LogP contribution in [0.4, 0.5) is 0 Å². The van der Waals surface area contributed by atoms with Crippen molar-refractivity contribution in [2.24, 2.45) is 11.7 Å². The van der Waals surface area contributed by atoms with Crippen molar-refractivity contribution in [3.63, 3.8) is 0 Å². The number of ether oxygens (including phenoxy) is 1. The second-order valence-electron chi connectivity index (χ2n) is 5.37. The number of rotatable bonds is 6. The number of hydrogen-bond acceptors (Lipinski definition) is 4. The van der Waals surface area contributed by atoms with E-state index >= 15 is 0 Å². The first-order valence-corrected chi connectivity index (χ1v) is 6.93. The SMILES string of the molecule is COCC1=CCN(C(=O)CNC(=O)[C@@H](N)C(C)C)CC1. The summed E-state index contributed by atoms with van der Waals surface area (Å²) in [7, 11) is 1.66. The fourth-order valence-electron chi connectivity index (χ4n) is 1.95. The average Bonchev–Trinajstić information content (AvgIpc) is 2.44. The van der Waals surface area contributed by atoms with Crippen LogP contribution in [0.1, 0.15) is 20.3 Å². The fraction of sp³-hybridized carbons (Fsp3) is 0.714. The molecule has 20 heavy (non-hydrogen) atoms. The monoisotopic (exact) mass is 283 g/mol. The Morgan fingerprint density at radius 3 is 2.70 bits per heavy atom. The normalized spacial score (nSPS) is 16.9. The van der Waals surface area contributed by atoms with Crippen molar-refractivity contribution in [2.75, 3.05) is 33.4 Å². The van der Waals surface area contributed by atoms with E-state index in [1.807, 2.05) is 19.9 Å². The largest absolute Gasteiger partial charge is 0.380 e. The quantitative estimate of drug-likeness (QED) is 0.666. The van der Waals surface area contributed by atoms with Crippen molar-refractivity contribution >= 4 is 11.8 Å². The minimum atomic E-state index is -0.572. The highest BCUT2D eigenvalue weighted by Crippen LogP contribution is 2.10. The van der Waals surface area contributed by atoms with Gasteiger partial charge in [0.2, 0.25) is 11.8 Å². The van der Waals surface area contributed by atoms with Crippen LogP contribution < -0.4 is 11.1 Å². The summed E-state index contributed by atoms with van der Waals surface area (Å²) in [5.41, 5.74) is 6.93. The molecule has 6 nitrogen and oxygen atoms in total. The molecule has 114 valence electrons. The molecule has 0 saturated heterocycles. The van der Waals surface area contributed by atoms with Crippen LogP contribution in [-0.4, -0.2) is 56.1 Å². The van der Waals surface area contributed by atoms with Crippen molar-refractivity contribution in [1.29, 1.82) is 0 Å². The summed E-state index contributed by atoms with van der Waals surface area (Å²) in [4.78, 5) is 25.4. The van der Waals surface area contributed by atoms with Crippen LogP contribution in [0.5, 0.6) is 0 Å². The first kappa shape index (κ1) is 16.7. The summed E-state index contributed by atoms with van der Waals surface area (Å²) < 4.78 is 5.06. The lowest BCUT2D eigenvalue weighted by Crippen LogP contribution is -2.48. The molecule has 0 radical (unpaired) electrons. The predicted octanol–water partition coefficient (Wildman–Crippen LogP) is -0.109. The van der Waals surface area contributed by atoms with Crippen LogP contribution in [0.3, 0.4) is 0 Å². The van der Waals surface area contributed by atoms with E-state index in [1.165, 1.54) is 5.57 Å². The third-order valence-electron chi connectivity index (χ3n) is 3.42. The Balaban J connectivity index is 2.36. The summed E-state index contributed by atoms with van der Waals surface area (Å²) in [5, 5.41) is 2.60. The molecule has 0 spiro atoms. The molecule has 6 heteroatoms. The van der Waals surface area contributed by atoms with Gasteiger partial charge in [0.1, 0.15) is 0 Å². The minimum Gasteiger partial charge on any atom is -0.380 e. The van der Waals surface area contributed by atoms with Gasteiger partial charge < -0.3 is 20.7 Å². The van der Waals surface area contributed by atoms with Crippen LogP contribution >= 0.6 is 0 Å². The van der Waals surface area contributed by atoms with Gasteiger partial charge in [-0.05, 0) is 17.9 Å². The lowest BCUT2D eigenvalue weighted by molar-refractivity contribution is -0.133. The Morgan fingerprint density at radius 1 is 1.50 bits per heavy atom. The topological polar surface area (TPSA) is 84.7 Å². The van der Waals surface area contributed by atoms with Crippen LogP contribution in [0.2, 0.25) is 0 Å². The molecular weight excluding hydrogens is 258 g/mol. The molecule has 1 aliphatic heterocycles. The standard InChI is InChI=1S/C14H25N3O3/c1-10(2)13(15)14(19)16-8-12(18)17-6-4-11(5-7-17)9-20-3/h4,10,13H,5-9,15H2,1-3H3,(H,16,19)/t13-/m0/s1. The van der Waals surface area contributed by atoms with Gasteiger partial charge >= 0.3 is 0 Å². The fourth-order valence-corrected chi connectivity index (χ4v) is 1.95. The van der Waals surface area contributed by atoms with E-state index in [0.29, 0.717) is 19.7 Å². The molecule has 0 saturated carbocycles. The molecule has 1 aliphatic rings. The molecule has 0 bridgehead atoms. The Kier molecular flexibility index (Phi) is 6.67. The van der Waals surface area contributed by atoms with Crippen LogP contribution in [0.25, 0.3) is 0 Å². The zero-order valence-electron chi connectivity index (χ0n) is 12.5. The third-order valence-corrected chi connectivity index (χ3v) is 3.42. The molecule has 3 N–H and O–H groups in total. The number of nitrogens with zero attached hydrogens (tertiary/aromatic N) is 1. The zero-order chi connectivity index (χ0) is 15.1. The maximum atomic E-state index is 12.0. The highest BCUT2D eigenvalue weighted by atomic mass is 16.5. The lowest BCUT2D eigenvalue weighted by Gasteiger charge is -2.26. The smallest absolute Gasteiger partial charge is 0.242 e.